The van der Waals surface area contributed by atoms with Crippen molar-refractivity contribution in [2.24, 2.45) is 0 Å². The summed E-state index contributed by atoms with van der Waals surface area (Å²) in [4.78, 5) is 25.1. The maximum absolute atomic E-state index is 13.4. The van der Waals surface area contributed by atoms with Gasteiger partial charge in [0.1, 0.15) is 10.7 Å². The summed E-state index contributed by atoms with van der Waals surface area (Å²) in [5.74, 6) is -1.63. The lowest BCUT2D eigenvalue weighted by Gasteiger charge is -2.29. The molecule has 0 spiro atoms. The minimum Gasteiger partial charge on any atom is -0.453 e. The van der Waals surface area contributed by atoms with Gasteiger partial charge in [0.15, 0.2) is 12.4 Å². The molecule has 1 aromatic heterocycles. The normalized spacial score (nSPS) is 13.8. The van der Waals surface area contributed by atoms with Crippen LogP contribution in [0.4, 0.5) is 10.1 Å². The van der Waals surface area contributed by atoms with E-state index in [0.29, 0.717) is 40.7 Å². The minimum absolute atomic E-state index is 0.101. The molecule has 6 nitrogen and oxygen atoms in total. The highest BCUT2D eigenvalue weighted by molar-refractivity contribution is 7.92. The molecule has 0 amide bonds. The van der Waals surface area contributed by atoms with Gasteiger partial charge in [-0.2, -0.15) is 0 Å². The Labute approximate surface area is 187 Å². The number of ketones is 1. The van der Waals surface area contributed by atoms with Gasteiger partial charge in [-0.1, -0.05) is 11.6 Å². The number of Topliss-reactive ketones (excluding diaryl/α,β-unsaturated/α-hetero) is 1. The number of rotatable bonds is 5. The highest BCUT2D eigenvalue weighted by atomic mass is 35.5. The Balaban J connectivity index is 1.49. The van der Waals surface area contributed by atoms with Gasteiger partial charge in [0.2, 0.25) is 10.0 Å². The van der Waals surface area contributed by atoms with Crippen molar-refractivity contribution in [1.29, 1.82) is 0 Å². The second-order valence-corrected chi connectivity index (χ2v) is 10.5. The lowest BCUT2D eigenvalue weighted by molar-refractivity contribution is 0.0480. The number of anilines is 1. The number of hydrogen-bond donors (Lipinski definition) is 0. The standard InChI is InChI=1S/C21H17ClFNO5S2/c1-31(27,28)24-8-2-3-12-9-13(4-7-16(12)24)17(25)11-29-21(26)20-19(22)15-6-5-14(23)10-18(15)30-20/h4-7,9-10H,2-3,8,11H2,1H3. The van der Waals surface area contributed by atoms with Crippen molar-refractivity contribution in [2.75, 3.05) is 23.7 Å². The number of nitrogens with zero attached hydrogens (tertiary/aromatic N) is 1. The summed E-state index contributed by atoms with van der Waals surface area (Å²) in [6.07, 6.45) is 2.45. The van der Waals surface area contributed by atoms with Crippen LogP contribution in [0.3, 0.4) is 0 Å². The van der Waals surface area contributed by atoms with Gasteiger partial charge in [-0.05, 0) is 54.8 Å². The molecule has 3 aromatic rings. The van der Waals surface area contributed by atoms with E-state index in [2.05, 4.69) is 0 Å². The van der Waals surface area contributed by atoms with Crippen LogP contribution in [0.25, 0.3) is 10.1 Å². The largest absolute Gasteiger partial charge is 0.453 e. The molecule has 2 heterocycles. The molecular formula is C21H17ClFNO5S2. The zero-order chi connectivity index (χ0) is 22.3. The molecule has 0 atom stereocenters. The van der Waals surface area contributed by atoms with Crippen LogP contribution in [0.5, 0.6) is 0 Å². The SMILES string of the molecule is CS(=O)(=O)N1CCCc2cc(C(=O)COC(=O)c3sc4cc(F)ccc4c3Cl)ccc21. The lowest BCUT2D eigenvalue weighted by Crippen LogP contribution is -2.34. The number of hydrogen-bond acceptors (Lipinski definition) is 6. The molecule has 0 bridgehead atoms. The van der Waals surface area contributed by atoms with Crippen molar-refractivity contribution in [3.63, 3.8) is 0 Å². The van der Waals surface area contributed by atoms with Gasteiger partial charge < -0.3 is 4.74 Å². The summed E-state index contributed by atoms with van der Waals surface area (Å²) in [5, 5.41) is 0.698. The highest BCUT2D eigenvalue weighted by Gasteiger charge is 2.25. The number of thiophene rings is 1. The molecule has 31 heavy (non-hydrogen) atoms. The topological polar surface area (TPSA) is 80.8 Å². The Kier molecular flexibility index (Phi) is 5.76. The number of ether oxygens (including phenoxy) is 1. The molecule has 0 N–H and O–H groups in total. The summed E-state index contributed by atoms with van der Waals surface area (Å²) in [6, 6.07) is 8.77. The Morgan fingerprint density at radius 3 is 2.74 bits per heavy atom. The molecule has 0 saturated carbocycles. The lowest BCUT2D eigenvalue weighted by atomic mass is 9.99. The second kappa shape index (κ2) is 8.22. The van der Waals surface area contributed by atoms with Crippen LogP contribution in [-0.2, 0) is 21.2 Å². The second-order valence-electron chi connectivity index (χ2n) is 7.17. The summed E-state index contributed by atoms with van der Waals surface area (Å²) in [5.41, 5.74) is 1.64. The molecule has 0 fully saturated rings. The third-order valence-electron chi connectivity index (χ3n) is 4.99. The molecule has 1 aliphatic heterocycles. The summed E-state index contributed by atoms with van der Waals surface area (Å²) < 4.78 is 44.3. The van der Waals surface area contributed by atoms with Crippen LogP contribution >= 0.6 is 22.9 Å². The van der Waals surface area contributed by atoms with Crippen LogP contribution < -0.4 is 4.31 Å². The Morgan fingerprint density at radius 2 is 2.00 bits per heavy atom. The molecule has 0 radical (unpaired) electrons. The first-order valence-electron chi connectivity index (χ1n) is 9.33. The van der Waals surface area contributed by atoms with Crippen molar-refractivity contribution < 1.29 is 27.1 Å². The number of halogens is 2. The van der Waals surface area contributed by atoms with E-state index in [4.69, 9.17) is 16.3 Å². The fraction of sp³-hybridized carbons (Fsp3) is 0.238. The highest BCUT2D eigenvalue weighted by Crippen LogP contribution is 2.36. The van der Waals surface area contributed by atoms with Crippen LogP contribution in [0, 0.1) is 5.82 Å². The Hall–Kier alpha value is -2.49. The van der Waals surface area contributed by atoms with Gasteiger partial charge in [-0.25, -0.2) is 17.6 Å². The van der Waals surface area contributed by atoms with Crippen LogP contribution in [0.2, 0.25) is 5.02 Å². The van der Waals surface area contributed by atoms with Gasteiger partial charge in [0.25, 0.3) is 0 Å². The zero-order valence-corrected chi connectivity index (χ0v) is 18.7. The Bertz CT molecular complexity index is 1320. The van der Waals surface area contributed by atoms with E-state index in [1.54, 1.807) is 12.1 Å². The molecule has 162 valence electrons. The first kappa shape index (κ1) is 21.7. The van der Waals surface area contributed by atoms with E-state index in [1.165, 1.54) is 28.6 Å². The maximum atomic E-state index is 13.4. The van der Waals surface area contributed by atoms with Crippen LogP contribution in [0.1, 0.15) is 32.0 Å². The average molecular weight is 482 g/mol. The first-order chi connectivity index (χ1) is 14.6. The van der Waals surface area contributed by atoms with Crippen molar-refractivity contribution in [1.82, 2.24) is 0 Å². The van der Waals surface area contributed by atoms with Gasteiger partial charge >= 0.3 is 5.97 Å². The van der Waals surface area contributed by atoms with Crippen molar-refractivity contribution in [2.45, 2.75) is 12.8 Å². The van der Waals surface area contributed by atoms with Gasteiger partial charge in [0, 0.05) is 22.2 Å². The van der Waals surface area contributed by atoms with E-state index < -0.39 is 34.2 Å². The summed E-state index contributed by atoms with van der Waals surface area (Å²) >= 11 is 7.21. The van der Waals surface area contributed by atoms with Crippen molar-refractivity contribution >= 4 is 60.5 Å². The van der Waals surface area contributed by atoms with E-state index in [1.807, 2.05) is 0 Å². The molecule has 2 aromatic carbocycles. The molecule has 4 rings (SSSR count). The summed E-state index contributed by atoms with van der Waals surface area (Å²) in [7, 11) is -3.40. The van der Waals surface area contributed by atoms with Crippen molar-refractivity contribution in [3.05, 3.63) is 63.2 Å². The number of sulfonamides is 1. The molecule has 0 saturated heterocycles. The first-order valence-corrected chi connectivity index (χ1v) is 12.4. The average Bonchev–Trinajstić information content (AvgIpc) is 3.05. The fourth-order valence-corrected chi connectivity index (χ4v) is 5.95. The van der Waals surface area contributed by atoms with Crippen LogP contribution in [0.15, 0.2) is 36.4 Å². The van der Waals surface area contributed by atoms with Gasteiger partial charge in [-0.3, -0.25) is 9.10 Å². The number of aryl methyl sites for hydroxylation is 1. The maximum Gasteiger partial charge on any atom is 0.350 e. The van der Waals surface area contributed by atoms with E-state index >= 15 is 0 Å². The summed E-state index contributed by atoms with van der Waals surface area (Å²) in [6.45, 7) is -0.0943. The third kappa shape index (κ3) is 4.30. The van der Waals surface area contributed by atoms with Gasteiger partial charge in [-0.15, -0.1) is 11.3 Å². The van der Waals surface area contributed by atoms with E-state index in [9.17, 15) is 22.4 Å². The molecule has 1 aliphatic rings. The predicted octanol–water partition coefficient (Wildman–Crippen LogP) is 4.45. The molecule has 0 unspecified atom stereocenters. The third-order valence-corrected chi connectivity index (χ3v) is 7.81. The van der Waals surface area contributed by atoms with Crippen LogP contribution in [-0.4, -0.2) is 39.6 Å². The number of benzene rings is 2. The zero-order valence-electron chi connectivity index (χ0n) is 16.4. The predicted molar refractivity (Wildman–Crippen MR) is 118 cm³/mol. The number of carbonyl (C=O) groups is 2. The minimum atomic E-state index is -3.40. The number of carbonyl (C=O) groups excluding carboxylic acids is 2. The molecule has 0 aliphatic carbocycles. The van der Waals surface area contributed by atoms with Crippen molar-refractivity contribution in [3.8, 4) is 0 Å². The monoisotopic (exact) mass is 481 g/mol. The van der Waals surface area contributed by atoms with E-state index in [0.717, 1.165) is 23.2 Å². The Morgan fingerprint density at radius 1 is 1.23 bits per heavy atom. The van der Waals surface area contributed by atoms with Gasteiger partial charge in [0.05, 0.1) is 17.0 Å². The van der Waals surface area contributed by atoms with E-state index in [-0.39, 0.29) is 9.90 Å². The molecular weight excluding hydrogens is 465 g/mol. The fourth-order valence-electron chi connectivity index (χ4n) is 3.53. The number of fused-ring (bicyclic) bond motifs is 2. The molecule has 10 heteroatoms. The quantitative estimate of drug-likeness (QED) is 0.397. The number of esters is 1. The smallest absolute Gasteiger partial charge is 0.350 e.